The van der Waals surface area contributed by atoms with Gasteiger partial charge in [-0.3, -0.25) is 14.2 Å². The third-order valence-electron chi connectivity index (χ3n) is 3.48. The number of carbonyl (C=O) groups is 2. The Morgan fingerprint density at radius 2 is 1.70 bits per heavy atom. The van der Waals surface area contributed by atoms with Crippen LogP contribution in [-0.4, -0.2) is 21.4 Å². The molecule has 0 saturated heterocycles. The topological polar surface area (TPSA) is 59.3 Å². The van der Waals surface area contributed by atoms with Crippen LogP contribution < -0.4 is 0 Å². The third kappa shape index (κ3) is 1.61. The lowest BCUT2D eigenvalue weighted by Crippen LogP contribution is -2.05. The molecule has 100 valence electrons. The number of benzene rings is 2. The van der Waals surface area contributed by atoms with Gasteiger partial charge >= 0.3 is 0 Å². The van der Waals surface area contributed by atoms with E-state index in [1.54, 1.807) is 16.7 Å². The maximum absolute atomic E-state index is 11.9. The molecule has 2 aromatic carbocycles. The summed E-state index contributed by atoms with van der Waals surface area (Å²) in [6.45, 7) is 2.87. The van der Waals surface area contributed by atoms with E-state index in [4.69, 9.17) is 0 Å². The van der Waals surface area contributed by atoms with Crippen molar-refractivity contribution in [1.29, 1.82) is 0 Å². The van der Waals surface area contributed by atoms with E-state index in [9.17, 15) is 14.7 Å². The number of para-hydroxylation sites is 1. The Morgan fingerprint density at radius 3 is 2.35 bits per heavy atom. The molecule has 0 aliphatic rings. The Hall–Kier alpha value is -2.62. The van der Waals surface area contributed by atoms with Crippen molar-refractivity contribution in [2.24, 2.45) is 0 Å². The molecule has 4 nitrogen and oxygen atoms in total. The van der Waals surface area contributed by atoms with Gasteiger partial charge in [0.15, 0.2) is 5.78 Å². The fraction of sp³-hybridized carbons (Fsp3) is 0.125. The van der Waals surface area contributed by atoms with Crippen LogP contribution in [-0.2, 0) is 0 Å². The number of ketones is 1. The predicted molar refractivity (Wildman–Crippen MR) is 77.4 cm³/mol. The van der Waals surface area contributed by atoms with Crippen LogP contribution in [0.3, 0.4) is 0 Å². The molecule has 3 aromatic rings. The summed E-state index contributed by atoms with van der Waals surface area (Å²) in [6, 6.07) is 10.6. The number of phenolic OH excluding ortho intramolecular Hbond substituents is 1. The molecular formula is C16H13NO3. The van der Waals surface area contributed by atoms with Gasteiger partial charge in [0, 0.05) is 17.7 Å². The summed E-state index contributed by atoms with van der Waals surface area (Å²) in [5.74, 6) is -0.419. The maximum atomic E-state index is 11.9. The Morgan fingerprint density at radius 1 is 1.00 bits per heavy atom. The van der Waals surface area contributed by atoms with Gasteiger partial charge in [0.05, 0.1) is 16.6 Å². The largest absolute Gasteiger partial charge is 0.507 e. The van der Waals surface area contributed by atoms with E-state index in [0.29, 0.717) is 5.52 Å². The molecule has 1 aromatic heterocycles. The molecule has 1 heterocycles. The number of nitrogens with zero attached hydrogens (tertiary/aromatic N) is 1. The summed E-state index contributed by atoms with van der Waals surface area (Å²) in [5.41, 5.74) is 1.64. The average Bonchev–Trinajstić information content (AvgIpc) is 2.71. The number of aromatic hydroxyl groups is 1. The van der Waals surface area contributed by atoms with Crippen molar-refractivity contribution in [2.45, 2.75) is 13.8 Å². The van der Waals surface area contributed by atoms with Crippen molar-refractivity contribution in [1.82, 2.24) is 4.57 Å². The van der Waals surface area contributed by atoms with Crippen molar-refractivity contribution >= 4 is 33.5 Å². The van der Waals surface area contributed by atoms with Gasteiger partial charge in [0.25, 0.3) is 0 Å². The molecule has 0 aliphatic heterocycles. The minimum Gasteiger partial charge on any atom is -0.507 e. The molecule has 3 rings (SSSR count). The molecule has 4 heteroatoms. The first-order chi connectivity index (χ1) is 9.50. The molecule has 1 N–H and O–H groups in total. The average molecular weight is 267 g/mol. The number of aromatic nitrogens is 1. The summed E-state index contributed by atoms with van der Waals surface area (Å²) in [6.07, 6.45) is 0. The fourth-order valence-electron chi connectivity index (χ4n) is 2.62. The van der Waals surface area contributed by atoms with E-state index >= 15 is 0 Å². The predicted octanol–water partition coefficient (Wildman–Crippen LogP) is 3.36. The first kappa shape index (κ1) is 12.4. The monoisotopic (exact) mass is 267 g/mol. The van der Waals surface area contributed by atoms with E-state index in [1.807, 2.05) is 24.3 Å². The van der Waals surface area contributed by atoms with Crippen LogP contribution in [0.5, 0.6) is 5.75 Å². The van der Waals surface area contributed by atoms with Crippen LogP contribution in [0.1, 0.15) is 29.0 Å². The van der Waals surface area contributed by atoms with Gasteiger partial charge in [-0.2, -0.15) is 0 Å². The lowest BCUT2D eigenvalue weighted by molar-refractivity contribution is 0.0944. The van der Waals surface area contributed by atoms with E-state index in [2.05, 4.69) is 0 Å². The van der Waals surface area contributed by atoms with E-state index in [0.717, 1.165) is 16.3 Å². The van der Waals surface area contributed by atoms with Crippen molar-refractivity contribution in [2.75, 3.05) is 0 Å². The summed E-state index contributed by atoms with van der Waals surface area (Å²) >= 11 is 0. The van der Waals surface area contributed by atoms with Gasteiger partial charge in [0.2, 0.25) is 5.91 Å². The molecule has 0 saturated carbocycles. The summed E-state index contributed by atoms with van der Waals surface area (Å²) in [5, 5.41) is 11.6. The molecule has 0 unspecified atom stereocenters. The minimum atomic E-state index is -0.232. The van der Waals surface area contributed by atoms with Crippen LogP contribution in [0, 0.1) is 0 Å². The van der Waals surface area contributed by atoms with Gasteiger partial charge in [-0.15, -0.1) is 0 Å². The number of hydrogen-bond acceptors (Lipinski definition) is 3. The van der Waals surface area contributed by atoms with Crippen molar-refractivity contribution in [3.63, 3.8) is 0 Å². The summed E-state index contributed by atoms with van der Waals surface area (Å²) in [7, 11) is 0. The third-order valence-corrected chi connectivity index (χ3v) is 3.48. The van der Waals surface area contributed by atoms with Gasteiger partial charge < -0.3 is 5.11 Å². The quantitative estimate of drug-likeness (QED) is 0.688. The number of phenols is 1. The molecule has 0 spiro atoms. The Kier molecular flexibility index (Phi) is 2.61. The lowest BCUT2D eigenvalue weighted by Gasteiger charge is -2.04. The van der Waals surface area contributed by atoms with Crippen LogP contribution in [0.25, 0.3) is 21.8 Å². The zero-order valence-electron chi connectivity index (χ0n) is 11.2. The molecular weight excluding hydrogens is 254 g/mol. The second-order valence-corrected chi connectivity index (χ2v) is 4.81. The Bertz CT molecular complexity index is 874. The first-order valence-electron chi connectivity index (χ1n) is 6.28. The molecule has 0 atom stereocenters. The second-order valence-electron chi connectivity index (χ2n) is 4.81. The van der Waals surface area contributed by atoms with Crippen LogP contribution >= 0.6 is 0 Å². The van der Waals surface area contributed by atoms with Crippen molar-refractivity contribution < 1.29 is 14.7 Å². The fourth-order valence-corrected chi connectivity index (χ4v) is 2.62. The molecule has 0 amide bonds. The normalized spacial score (nSPS) is 11.1. The van der Waals surface area contributed by atoms with Gasteiger partial charge in [-0.05, 0) is 25.1 Å². The highest BCUT2D eigenvalue weighted by atomic mass is 16.3. The molecule has 0 bridgehead atoms. The molecule has 20 heavy (non-hydrogen) atoms. The molecule has 0 fully saturated rings. The van der Waals surface area contributed by atoms with Gasteiger partial charge in [0.1, 0.15) is 5.75 Å². The van der Waals surface area contributed by atoms with Crippen molar-refractivity contribution in [3.05, 3.63) is 42.0 Å². The number of carbonyl (C=O) groups excluding carboxylic acids is 2. The second kappa shape index (κ2) is 4.20. The van der Waals surface area contributed by atoms with Crippen LogP contribution in [0.2, 0.25) is 0 Å². The SMILES string of the molecule is CC(=O)c1cc2c(cc1O)c1ccccc1n2C(C)=O. The highest BCUT2D eigenvalue weighted by molar-refractivity contribution is 6.15. The number of Topliss-reactive ketones (excluding diaryl/α,β-unsaturated/α-hetero) is 1. The maximum Gasteiger partial charge on any atom is 0.228 e. The Balaban J connectivity index is 2.57. The molecule has 0 aliphatic carbocycles. The Labute approximate surface area is 115 Å². The standard InChI is InChI=1S/C16H13NO3/c1-9(18)12-7-15-13(8-16(12)20)11-5-3-4-6-14(11)17(15)10(2)19/h3-8,20H,1-2H3. The van der Waals surface area contributed by atoms with Gasteiger partial charge in [-0.1, -0.05) is 18.2 Å². The zero-order valence-corrected chi connectivity index (χ0v) is 11.2. The van der Waals surface area contributed by atoms with E-state index in [1.165, 1.54) is 13.8 Å². The van der Waals surface area contributed by atoms with Crippen LogP contribution in [0.15, 0.2) is 36.4 Å². The van der Waals surface area contributed by atoms with E-state index in [-0.39, 0.29) is 23.0 Å². The molecule has 0 radical (unpaired) electrons. The summed E-state index contributed by atoms with van der Waals surface area (Å²) < 4.78 is 1.57. The van der Waals surface area contributed by atoms with E-state index < -0.39 is 0 Å². The minimum absolute atomic E-state index is 0.0588. The van der Waals surface area contributed by atoms with Crippen molar-refractivity contribution in [3.8, 4) is 5.75 Å². The number of fused-ring (bicyclic) bond motifs is 3. The highest BCUT2D eigenvalue weighted by Gasteiger charge is 2.17. The number of hydrogen-bond donors (Lipinski definition) is 1. The first-order valence-corrected chi connectivity index (χ1v) is 6.28. The lowest BCUT2D eigenvalue weighted by atomic mass is 10.1. The number of rotatable bonds is 1. The highest BCUT2D eigenvalue weighted by Crippen LogP contribution is 2.33. The van der Waals surface area contributed by atoms with Gasteiger partial charge in [-0.25, -0.2) is 0 Å². The van der Waals surface area contributed by atoms with Crippen LogP contribution in [0.4, 0.5) is 0 Å². The zero-order chi connectivity index (χ0) is 14.4. The summed E-state index contributed by atoms with van der Waals surface area (Å²) in [4.78, 5) is 23.5. The smallest absolute Gasteiger partial charge is 0.228 e.